The van der Waals surface area contributed by atoms with Crippen LogP contribution < -0.4 is 10.9 Å². The monoisotopic (exact) mass is 250 g/mol. The number of nitrogens with zero attached hydrogens (tertiary/aromatic N) is 2. The second kappa shape index (κ2) is 5.77. The van der Waals surface area contributed by atoms with E-state index in [-0.39, 0.29) is 17.2 Å². The van der Waals surface area contributed by atoms with Crippen molar-refractivity contribution in [1.82, 2.24) is 20.4 Å². The molecule has 1 atom stereocenters. The second-order valence-corrected chi connectivity index (χ2v) is 4.65. The third-order valence-corrected chi connectivity index (χ3v) is 3.33. The Balaban J connectivity index is 1.87. The summed E-state index contributed by atoms with van der Waals surface area (Å²) >= 11 is 0. The highest BCUT2D eigenvalue weighted by molar-refractivity contribution is 5.91. The van der Waals surface area contributed by atoms with Crippen molar-refractivity contribution in [2.24, 2.45) is 0 Å². The second-order valence-electron chi connectivity index (χ2n) is 4.65. The van der Waals surface area contributed by atoms with Gasteiger partial charge in [0.05, 0.1) is 0 Å². The van der Waals surface area contributed by atoms with Crippen LogP contribution in [0.5, 0.6) is 0 Å². The molecule has 1 fully saturated rings. The van der Waals surface area contributed by atoms with Crippen molar-refractivity contribution < 1.29 is 4.79 Å². The molecule has 0 aliphatic carbocycles. The van der Waals surface area contributed by atoms with Gasteiger partial charge in [-0.15, -0.1) is 0 Å². The summed E-state index contributed by atoms with van der Waals surface area (Å²) in [6.45, 7) is 1.70. The number of carbonyl (C=O) groups is 1. The molecule has 2 rings (SSSR count). The summed E-state index contributed by atoms with van der Waals surface area (Å²) in [5.74, 6) is -0.245. The Labute approximate surface area is 105 Å². The number of hydrogen-bond acceptors (Lipinski definition) is 4. The van der Waals surface area contributed by atoms with E-state index in [4.69, 9.17) is 0 Å². The molecule has 0 radical (unpaired) electrons. The number of amides is 1. The molecule has 1 aromatic heterocycles. The van der Waals surface area contributed by atoms with Crippen molar-refractivity contribution in [3.63, 3.8) is 0 Å². The van der Waals surface area contributed by atoms with Gasteiger partial charge in [-0.1, -0.05) is 6.42 Å². The molecule has 2 N–H and O–H groups in total. The molecule has 1 saturated heterocycles. The van der Waals surface area contributed by atoms with Crippen molar-refractivity contribution >= 4 is 5.91 Å². The van der Waals surface area contributed by atoms with Gasteiger partial charge in [-0.2, -0.15) is 5.10 Å². The van der Waals surface area contributed by atoms with Crippen LogP contribution in [0.1, 0.15) is 29.8 Å². The normalized spacial score (nSPS) is 20.6. The zero-order chi connectivity index (χ0) is 13.0. The molecule has 6 nitrogen and oxygen atoms in total. The summed E-state index contributed by atoms with van der Waals surface area (Å²) in [7, 11) is 2.08. The molecule has 1 aliphatic heterocycles. The van der Waals surface area contributed by atoms with Crippen LogP contribution in [0.25, 0.3) is 0 Å². The summed E-state index contributed by atoms with van der Waals surface area (Å²) in [6, 6.07) is 3.12. The summed E-state index contributed by atoms with van der Waals surface area (Å²) < 4.78 is 0. The summed E-state index contributed by atoms with van der Waals surface area (Å²) in [5.41, 5.74) is -0.0633. The first kappa shape index (κ1) is 12.8. The third-order valence-electron chi connectivity index (χ3n) is 3.33. The fourth-order valence-electron chi connectivity index (χ4n) is 2.17. The molecule has 1 unspecified atom stereocenters. The lowest BCUT2D eigenvalue weighted by Crippen LogP contribution is -2.44. The van der Waals surface area contributed by atoms with Crippen molar-refractivity contribution in [2.45, 2.75) is 25.3 Å². The Morgan fingerprint density at radius 2 is 2.39 bits per heavy atom. The van der Waals surface area contributed by atoms with Crippen molar-refractivity contribution in [3.8, 4) is 0 Å². The van der Waals surface area contributed by atoms with Crippen LogP contribution in [-0.2, 0) is 0 Å². The van der Waals surface area contributed by atoms with Gasteiger partial charge in [0.25, 0.3) is 11.5 Å². The van der Waals surface area contributed by atoms with E-state index >= 15 is 0 Å². The quantitative estimate of drug-likeness (QED) is 0.790. The topological polar surface area (TPSA) is 78.1 Å². The zero-order valence-corrected chi connectivity index (χ0v) is 10.5. The lowest BCUT2D eigenvalue weighted by Gasteiger charge is -2.32. The first-order valence-electron chi connectivity index (χ1n) is 6.21. The highest BCUT2D eigenvalue weighted by Crippen LogP contribution is 2.13. The van der Waals surface area contributed by atoms with E-state index in [1.54, 1.807) is 0 Å². The molecule has 0 spiro atoms. The summed E-state index contributed by atoms with van der Waals surface area (Å²) in [6.07, 6.45) is 3.54. The molecule has 1 aromatic rings. The third kappa shape index (κ3) is 3.16. The predicted octanol–water partition coefficient (Wildman–Crippen LogP) is -0.0160. The zero-order valence-electron chi connectivity index (χ0n) is 10.5. The summed E-state index contributed by atoms with van der Waals surface area (Å²) in [5, 5.41) is 8.80. The molecule has 6 heteroatoms. The molecule has 0 saturated carbocycles. The van der Waals surface area contributed by atoms with Gasteiger partial charge in [-0.25, -0.2) is 5.10 Å². The van der Waals surface area contributed by atoms with Crippen LogP contribution >= 0.6 is 0 Å². The van der Waals surface area contributed by atoms with Crippen LogP contribution in [0.2, 0.25) is 0 Å². The van der Waals surface area contributed by atoms with Gasteiger partial charge >= 0.3 is 0 Å². The maximum absolute atomic E-state index is 11.8. The van der Waals surface area contributed by atoms with Gasteiger partial charge in [-0.3, -0.25) is 9.59 Å². The fraction of sp³-hybridized carbons (Fsp3) is 0.583. The van der Waals surface area contributed by atoms with Crippen molar-refractivity contribution in [3.05, 3.63) is 28.2 Å². The van der Waals surface area contributed by atoms with Gasteiger partial charge in [0.1, 0.15) is 5.69 Å². The number of aromatic nitrogens is 2. The SMILES string of the molecule is CN1CCCCC1CNC(=O)c1ccc(=O)[nH]n1. The minimum absolute atomic E-state index is 0.244. The van der Waals surface area contributed by atoms with Crippen LogP contribution in [-0.4, -0.2) is 47.2 Å². The van der Waals surface area contributed by atoms with E-state index < -0.39 is 0 Å². The number of H-pyrrole nitrogens is 1. The van der Waals surface area contributed by atoms with E-state index in [2.05, 4.69) is 27.5 Å². The Hall–Kier alpha value is -1.69. The number of aromatic amines is 1. The van der Waals surface area contributed by atoms with E-state index in [1.807, 2.05) is 0 Å². The Morgan fingerprint density at radius 1 is 1.56 bits per heavy atom. The van der Waals surface area contributed by atoms with Gasteiger partial charge in [0.2, 0.25) is 0 Å². The minimum atomic E-state index is -0.307. The summed E-state index contributed by atoms with van der Waals surface area (Å²) in [4.78, 5) is 24.9. The van der Waals surface area contributed by atoms with E-state index in [0.717, 1.165) is 13.0 Å². The molecule has 0 bridgehead atoms. The molecular weight excluding hydrogens is 232 g/mol. The molecule has 98 valence electrons. The molecule has 18 heavy (non-hydrogen) atoms. The van der Waals surface area contributed by atoms with Gasteiger partial charge in [0.15, 0.2) is 0 Å². The Morgan fingerprint density at radius 3 is 3.06 bits per heavy atom. The maximum Gasteiger partial charge on any atom is 0.271 e. The van der Waals surface area contributed by atoms with E-state index in [9.17, 15) is 9.59 Å². The molecule has 0 aromatic carbocycles. The fourth-order valence-corrected chi connectivity index (χ4v) is 2.17. The standard InChI is InChI=1S/C12H18N4O2/c1-16-7-3-2-4-9(16)8-13-12(18)10-5-6-11(17)15-14-10/h5-6,9H,2-4,7-8H2,1H3,(H,13,18)(H,15,17). The number of carbonyl (C=O) groups excluding carboxylic acids is 1. The number of rotatable bonds is 3. The highest BCUT2D eigenvalue weighted by Gasteiger charge is 2.19. The lowest BCUT2D eigenvalue weighted by atomic mass is 10.0. The maximum atomic E-state index is 11.8. The number of likely N-dealkylation sites (N-methyl/N-ethyl adjacent to an activating group) is 1. The predicted molar refractivity (Wildman–Crippen MR) is 67.5 cm³/mol. The van der Waals surface area contributed by atoms with Gasteiger partial charge in [0, 0.05) is 18.7 Å². The largest absolute Gasteiger partial charge is 0.349 e. The Bertz CT molecular complexity index is 451. The minimum Gasteiger partial charge on any atom is -0.349 e. The van der Waals surface area contributed by atoms with Crippen molar-refractivity contribution in [2.75, 3.05) is 20.1 Å². The first-order valence-corrected chi connectivity index (χ1v) is 6.21. The number of likely N-dealkylation sites (tertiary alicyclic amines) is 1. The van der Waals surface area contributed by atoms with E-state index in [1.165, 1.54) is 25.0 Å². The molecule has 2 heterocycles. The van der Waals surface area contributed by atoms with E-state index in [0.29, 0.717) is 12.6 Å². The average Bonchev–Trinajstić information content (AvgIpc) is 2.38. The van der Waals surface area contributed by atoms with Crippen LogP contribution in [0.3, 0.4) is 0 Å². The first-order chi connectivity index (χ1) is 8.66. The van der Waals surface area contributed by atoms with Gasteiger partial charge < -0.3 is 10.2 Å². The molecule has 1 aliphatic rings. The highest BCUT2D eigenvalue weighted by atomic mass is 16.2. The average molecular weight is 250 g/mol. The number of nitrogens with one attached hydrogen (secondary N) is 2. The number of piperidine rings is 1. The lowest BCUT2D eigenvalue weighted by molar-refractivity contribution is 0.0922. The van der Waals surface area contributed by atoms with Crippen LogP contribution in [0.15, 0.2) is 16.9 Å². The molecular formula is C12H18N4O2. The number of hydrogen-bond donors (Lipinski definition) is 2. The van der Waals surface area contributed by atoms with Gasteiger partial charge in [-0.05, 0) is 32.5 Å². The van der Waals surface area contributed by atoms with Crippen LogP contribution in [0, 0.1) is 0 Å². The Kier molecular flexibility index (Phi) is 4.09. The molecule has 1 amide bonds. The van der Waals surface area contributed by atoms with Crippen molar-refractivity contribution in [1.29, 1.82) is 0 Å². The smallest absolute Gasteiger partial charge is 0.271 e. The van der Waals surface area contributed by atoms with Crippen LogP contribution in [0.4, 0.5) is 0 Å².